The molecule has 0 unspecified atom stereocenters. The first-order valence-electron chi connectivity index (χ1n) is 5.33. The summed E-state index contributed by atoms with van der Waals surface area (Å²) in [4.78, 5) is 11.7. The molecule has 0 amide bonds. The maximum absolute atomic E-state index is 11.7. The smallest absolute Gasteiger partial charge is 0.338 e. The predicted octanol–water partition coefficient (Wildman–Crippen LogP) is 1.60. The van der Waals surface area contributed by atoms with Gasteiger partial charge in [-0.25, -0.2) is 4.79 Å². The van der Waals surface area contributed by atoms with Crippen LogP contribution in [-0.2, 0) is 4.74 Å². The van der Waals surface area contributed by atoms with Crippen molar-refractivity contribution in [2.45, 2.75) is 18.9 Å². The highest BCUT2D eigenvalue weighted by molar-refractivity contribution is 5.89. The fourth-order valence-electron chi connectivity index (χ4n) is 1.71. The Hall–Kier alpha value is -1.35. The number of esters is 1. The third-order valence-electron chi connectivity index (χ3n) is 2.53. The van der Waals surface area contributed by atoms with E-state index in [4.69, 9.17) is 4.74 Å². The predicted molar refractivity (Wildman–Crippen MR) is 57.7 cm³/mol. The Morgan fingerprint density at radius 2 is 2.13 bits per heavy atom. The maximum atomic E-state index is 11.7. The van der Waals surface area contributed by atoms with Gasteiger partial charge >= 0.3 is 5.97 Å². The normalized spacial score (nSPS) is 20.9. The van der Waals surface area contributed by atoms with Gasteiger partial charge in [0.1, 0.15) is 6.10 Å². The fraction of sp³-hybridized carbons (Fsp3) is 0.417. The zero-order valence-corrected chi connectivity index (χ0v) is 8.61. The van der Waals surface area contributed by atoms with Crippen LogP contribution in [0.3, 0.4) is 0 Å². The number of hydrogen-bond donors (Lipinski definition) is 1. The van der Waals surface area contributed by atoms with Crippen LogP contribution in [0.5, 0.6) is 0 Å². The molecule has 1 aliphatic heterocycles. The number of hydrogen-bond acceptors (Lipinski definition) is 3. The third-order valence-corrected chi connectivity index (χ3v) is 2.53. The summed E-state index contributed by atoms with van der Waals surface area (Å²) in [5, 5.41) is 3.21. The lowest BCUT2D eigenvalue weighted by molar-refractivity contribution is 0.0245. The summed E-state index contributed by atoms with van der Waals surface area (Å²) in [5.74, 6) is -0.218. The van der Waals surface area contributed by atoms with Crippen LogP contribution in [0, 0.1) is 0 Å². The van der Waals surface area contributed by atoms with Gasteiger partial charge in [-0.3, -0.25) is 0 Å². The second-order valence-corrected chi connectivity index (χ2v) is 3.74. The van der Waals surface area contributed by atoms with Gasteiger partial charge in [0.25, 0.3) is 0 Å². The molecule has 3 nitrogen and oxygen atoms in total. The Bertz CT molecular complexity index is 318. The number of carbonyl (C=O) groups is 1. The zero-order chi connectivity index (χ0) is 10.5. The van der Waals surface area contributed by atoms with Crippen LogP contribution in [0.25, 0.3) is 0 Å². The highest BCUT2D eigenvalue weighted by atomic mass is 16.5. The maximum Gasteiger partial charge on any atom is 0.338 e. The molecule has 1 N–H and O–H groups in total. The van der Waals surface area contributed by atoms with Crippen LogP contribution in [-0.4, -0.2) is 25.2 Å². The van der Waals surface area contributed by atoms with Crippen molar-refractivity contribution < 1.29 is 9.53 Å². The molecule has 0 bridgehead atoms. The van der Waals surface area contributed by atoms with Crippen molar-refractivity contribution in [1.82, 2.24) is 5.32 Å². The topological polar surface area (TPSA) is 38.3 Å². The zero-order valence-electron chi connectivity index (χ0n) is 8.61. The average Bonchev–Trinajstić information content (AvgIpc) is 2.31. The second kappa shape index (κ2) is 4.94. The number of benzene rings is 1. The van der Waals surface area contributed by atoms with Crippen LogP contribution in [0.2, 0.25) is 0 Å². The van der Waals surface area contributed by atoms with Gasteiger partial charge in [-0.05, 0) is 31.5 Å². The van der Waals surface area contributed by atoms with E-state index in [9.17, 15) is 4.79 Å². The van der Waals surface area contributed by atoms with Gasteiger partial charge in [0.15, 0.2) is 0 Å². The number of nitrogens with one attached hydrogen (secondary N) is 1. The molecule has 0 radical (unpaired) electrons. The van der Waals surface area contributed by atoms with Crippen molar-refractivity contribution in [3.8, 4) is 0 Å². The molecular formula is C12H15NO2. The molecule has 1 saturated heterocycles. The minimum Gasteiger partial charge on any atom is -0.457 e. The first-order chi connectivity index (χ1) is 7.36. The summed E-state index contributed by atoms with van der Waals surface area (Å²) in [7, 11) is 0. The molecule has 0 aromatic heterocycles. The molecule has 80 valence electrons. The van der Waals surface area contributed by atoms with E-state index < -0.39 is 0 Å². The molecule has 1 heterocycles. The van der Waals surface area contributed by atoms with Crippen LogP contribution >= 0.6 is 0 Å². The van der Waals surface area contributed by atoms with Crippen LogP contribution < -0.4 is 5.32 Å². The third kappa shape index (κ3) is 2.80. The van der Waals surface area contributed by atoms with Crippen molar-refractivity contribution in [3.05, 3.63) is 35.9 Å². The number of carbonyl (C=O) groups excluding carboxylic acids is 1. The molecule has 0 aliphatic carbocycles. The molecule has 0 saturated carbocycles. The summed E-state index contributed by atoms with van der Waals surface area (Å²) in [6.45, 7) is 1.80. The Balaban J connectivity index is 1.91. The molecule has 1 aromatic carbocycles. The van der Waals surface area contributed by atoms with Gasteiger partial charge in [0, 0.05) is 6.54 Å². The van der Waals surface area contributed by atoms with Gasteiger partial charge < -0.3 is 10.1 Å². The Morgan fingerprint density at radius 1 is 1.33 bits per heavy atom. The lowest BCUT2D eigenvalue weighted by atomic mass is 10.1. The molecule has 0 spiro atoms. The van der Waals surface area contributed by atoms with E-state index in [0.717, 1.165) is 25.9 Å². The molecule has 1 atom stereocenters. The van der Waals surface area contributed by atoms with Crippen molar-refractivity contribution in [2.24, 2.45) is 0 Å². The van der Waals surface area contributed by atoms with E-state index in [-0.39, 0.29) is 12.1 Å². The minimum atomic E-state index is -0.218. The van der Waals surface area contributed by atoms with Gasteiger partial charge in [0.05, 0.1) is 5.56 Å². The SMILES string of the molecule is O=C(O[C@@H]1CCCNC1)c1ccccc1. The Kier molecular flexibility index (Phi) is 3.35. The van der Waals surface area contributed by atoms with E-state index >= 15 is 0 Å². The molecule has 3 heteroatoms. The van der Waals surface area contributed by atoms with Gasteiger partial charge in [-0.1, -0.05) is 18.2 Å². The van der Waals surface area contributed by atoms with E-state index in [1.165, 1.54) is 0 Å². The van der Waals surface area contributed by atoms with E-state index in [0.29, 0.717) is 5.56 Å². The molecule has 1 fully saturated rings. The van der Waals surface area contributed by atoms with Crippen molar-refractivity contribution in [2.75, 3.05) is 13.1 Å². The Morgan fingerprint density at radius 3 is 2.80 bits per heavy atom. The summed E-state index contributed by atoms with van der Waals surface area (Å²) in [5.41, 5.74) is 0.628. The average molecular weight is 205 g/mol. The highest BCUT2D eigenvalue weighted by Gasteiger charge is 2.17. The summed E-state index contributed by atoms with van der Waals surface area (Å²) < 4.78 is 5.38. The minimum absolute atomic E-state index is 0.0338. The van der Waals surface area contributed by atoms with Crippen LogP contribution in [0.4, 0.5) is 0 Å². The first-order valence-corrected chi connectivity index (χ1v) is 5.33. The number of ether oxygens (including phenoxy) is 1. The molecular weight excluding hydrogens is 190 g/mol. The quantitative estimate of drug-likeness (QED) is 0.745. The van der Waals surface area contributed by atoms with Gasteiger partial charge in [0.2, 0.25) is 0 Å². The monoisotopic (exact) mass is 205 g/mol. The number of piperidine rings is 1. The molecule has 15 heavy (non-hydrogen) atoms. The largest absolute Gasteiger partial charge is 0.457 e. The lowest BCUT2D eigenvalue weighted by Crippen LogP contribution is -2.36. The van der Waals surface area contributed by atoms with Crippen molar-refractivity contribution in [1.29, 1.82) is 0 Å². The first kappa shape index (κ1) is 10.2. The number of rotatable bonds is 2. The highest BCUT2D eigenvalue weighted by Crippen LogP contribution is 2.09. The van der Waals surface area contributed by atoms with Gasteiger partial charge in [-0.15, -0.1) is 0 Å². The summed E-state index contributed by atoms with van der Waals surface area (Å²) in [6.07, 6.45) is 2.07. The van der Waals surface area contributed by atoms with E-state index in [2.05, 4.69) is 5.32 Å². The Labute approximate surface area is 89.4 Å². The summed E-state index contributed by atoms with van der Waals surface area (Å²) in [6, 6.07) is 9.13. The van der Waals surface area contributed by atoms with E-state index in [1.54, 1.807) is 12.1 Å². The van der Waals surface area contributed by atoms with Crippen molar-refractivity contribution in [3.63, 3.8) is 0 Å². The second-order valence-electron chi connectivity index (χ2n) is 3.74. The lowest BCUT2D eigenvalue weighted by Gasteiger charge is -2.22. The summed E-state index contributed by atoms with van der Waals surface area (Å²) >= 11 is 0. The van der Waals surface area contributed by atoms with Crippen LogP contribution in [0.15, 0.2) is 30.3 Å². The molecule has 2 rings (SSSR count). The van der Waals surface area contributed by atoms with E-state index in [1.807, 2.05) is 18.2 Å². The molecule has 1 aromatic rings. The fourth-order valence-corrected chi connectivity index (χ4v) is 1.71. The standard InChI is InChI=1S/C12H15NO2/c14-12(10-5-2-1-3-6-10)15-11-7-4-8-13-9-11/h1-3,5-6,11,13H,4,7-9H2/t11-/m1/s1. The van der Waals surface area contributed by atoms with Crippen LogP contribution in [0.1, 0.15) is 23.2 Å². The molecule has 1 aliphatic rings. The van der Waals surface area contributed by atoms with Gasteiger partial charge in [-0.2, -0.15) is 0 Å². The van der Waals surface area contributed by atoms with Crippen molar-refractivity contribution >= 4 is 5.97 Å².